The number of ether oxygens (including phenoxy) is 2. The van der Waals surface area contributed by atoms with Crippen molar-refractivity contribution in [3.05, 3.63) is 0 Å². The first-order valence-corrected chi connectivity index (χ1v) is 9.38. The zero-order valence-corrected chi connectivity index (χ0v) is 15.4. The van der Waals surface area contributed by atoms with E-state index in [4.69, 9.17) is 15.2 Å². The van der Waals surface area contributed by atoms with Crippen LogP contribution in [0.5, 0.6) is 0 Å². The second kappa shape index (κ2) is 6.90. The molecule has 24 heavy (non-hydrogen) atoms. The van der Waals surface area contributed by atoms with E-state index in [-0.39, 0.29) is 17.4 Å². The van der Waals surface area contributed by atoms with Crippen LogP contribution in [0.4, 0.5) is 0 Å². The maximum absolute atomic E-state index is 13.1. The molecule has 3 fully saturated rings. The molecule has 0 aromatic heterocycles. The van der Waals surface area contributed by atoms with Crippen molar-refractivity contribution in [2.24, 2.45) is 17.1 Å². The smallest absolute Gasteiger partial charge is 0.243 e. The number of nitrogens with two attached hydrogens (primary N) is 1. The molecule has 0 bridgehead atoms. The van der Waals surface area contributed by atoms with Gasteiger partial charge in [0, 0.05) is 51.2 Å². The Labute approximate surface area is 145 Å². The van der Waals surface area contributed by atoms with Crippen molar-refractivity contribution < 1.29 is 14.3 Å². The third kappa shape index (κ3) is 3.09. The molecule has 0 aromatic rings. The van der Waals surface area contributed by atoms with Crippen molar-refractivity contribution in [3.63, 3.8) is 0 Å². The summed E-state index contributed by atoms with van der Waals surface area (Å²) >= 11 is 0. The Morgan fingerprint density at radius 3 is 2.62 bits per heavy atom. The lowest BCUT2D eigenvalue weighted by molar-refractivity contribution is -0.178. The minimum Gasteiger partial charge on any atom is -0.379 e. The molecule has 3 atom stereocenters. The van der Waals surface area contributed by atoms with Crippen molar-refractivity contribution in [2.75, 3.05) is 52.5 Å². The summed E-state index contributed by atoms with van der Waals surface area (Å²) in [4.78, 5) is 17.5. The van der Waals surface area contributed by atoms with Gasteiger partial charge >= 0.3 is 0 Å². The predicted octanol–water partition coefficient (Wildman–Crippen LogP) is 0.700. The highest BCUT2D eigenvalue weighted by atomic mass is 16.5. The van der Waals surface area contributed by atoms with E-state index >= 15 is 0 Å². The van der Waals surface area contributed by atoms with Crippen LogP contribution in [0.1, 0.15) is 33.6 Å². The molecule has 2 saturated heterocycles. The monoisotopic (exact) mass is 339 g/mol. The molecule has 2 N–H and O–H groups in total. The Balaban J connectivity index is 1.54. The average molecular weight is 339 g/mol. The van der Waals surface area contributed by atoms with Gasteiger partial charge in [-0.2, -0.15) is 0 Å². The normalized spacial score (nSPS) is 36.6. The lowest BCUT2D eigenvalue weighted by atomic mass is 9.54. The van der Waals surface area contributed by atoms with E-state index in [1.807, 2.05) is 11.8 Å². The number of carbonyl (C=O) groups excluding carboxylic acids is 1. The van der Waals surface area contributed by atoms with Gasteiger partial charge in [-0.05, 0) is 19.3 Å². The van der Waals surface area contributed by atoms with Gasteiger partial charge in [0.2, 0.25) is 5.91 Å². The number of hydrogen-bond acceptors (Lipinski definition) is 5. The first kappa shape index (κ1) is 18.1. The average Bonchev–Trinajstić information content (AvgIpc) is 3.03. The Hall–Kier alpha value is -0.690. The van der Waals surface area contributed by atoms with Gasteiger partial charge in [-0.15, -0.1) is 0 Å². The zero-order chi connectivity index (χ0) is 17.4. The first-order chi connectivity index (χ1) is 11.4. The number of morpholine rings is 1. The van der Waals surface area contributed by atoms with Gasteiger partial charge in [-0.1, -0.05) is 13.8 Å². The summed E-state index contributed by atoms with van der Waals surface area (Å²) in [5.74, 6) is 0.675. The quantitative estimate of drug-likeness (QED) is 0.799. The molecule has 3 rings (SSSR count). The minimum atomic E-state index is -0.777. The van der Waals surface area contributed by atoms with Gasteiger partial charge < -0.3 is 20.1 Å². The van der Waals surface area contributed by atoms with Crippen LogP contribution >= 0.6 is 0 Å². The zero-order valence-electron chi connectivity index (χ0n) is 15.4. The molecule has 6 heteroatoms. The van der Waals surface area contributed by atoms with Gasteiger partial charge in [-0.3, -0.25) is 9.69 Å². The van der Waals surface area contributed by atoms with E-state index in [2.05, 4.69) is 18.7 Å². The van der Waals surface area contributed by atoms with E-state index in [0.717, 1.165) is 52.4 Å². The molecule has 0 aromatic carbocycles. The highest BCUT2D eigenvalue weighted by Crippen LogP contribution is 2.50. The standard InChI is InChI=1S/C18H33N3O3/c1-4-24-15-11-18(19,17(15,2)3)16(22)21-6-5-14(13-21)12-20-7-9-23-10-8-20/h14-15H,4-13,19H2,1-3H3. The van der Waals surface area contributed by atoms with Crippen molar-refractivity contribution in [2.45, 2.75) is 45.3 Å². The maximum Gasteiger partial charge on any atom is 0.243 e. The van der Waals surface area contributed by atoms with Crippen LogP contribution in [-0.4, -0.2) is 79.9 Å². The summed E-state index contributed by atoms with van der Waals surface area (Å²) in [6.07, 6.45) is 1.80. The molecule has 1 amide bonds. The SMILES string of the molecule is CCOC1CC(N)(C(=O)N2CCC(CN3CCOCC3)C2)C1(C)C. The topological polar surface area (TPSA) is 68.0 Å². The fourth-order valence-corrected chi connectivity index (χ4v) is 4.40. The van der Waals surface area contributed by atoms with Crippen molar-refractivity contribution in [1.82, 2.24) is 9.80 Å². The Bertz CT molecular complexity index is 464. The molecule has 6 nitrogen and oxygen atoms in total. The molecule has 0 radical (unpaired) electrons. The Kier molecular flexibility index (Phi) is 5.21. The van der Waals surface area contributed by atoms with Crippen molar-refractivity contribution >= 4 is 5.91 Å². The molecule has 3 aliphatic rings. The maximum atomic E-state index is 13.1. The summed E-state index contributed by atoms with van der Waals surface area (Å²) < 4.78 is 11.2. The number of carbonyl (C=O) groups is 1. The van der Waals surface area contributed by atoms with Crippen LogP contribution in [-0.2, 0) is 14.3 Å². The summed E-state index contributed by atoms with van der Waals surface area (Å²) in [5.41, 5.74) is 5.48. The fraction of sp³-hybridized carbons (Fsp3) is 0.944. The summed E-state index contributed by atoms with van der Waals surface area (Å²) in [6, 6.07) is 0. The van der Waals surface area contributed by atoms with Gasteiger partial charge in [0.25, 0.3) is 0 Å². The van der Waals surface area contributed by atoms with Crippen molar-refractivity contribution in [3.8, 4) is 0 Å². The van der Waals surface area contributed by atoms with Gasteiger partial charge in [0.1, 0.15) is 5.54 Å². The molecule has 1 aliphatic carbocycles. The van der Waals surface area contributed by atoms with Crippen LogP contribution in [0.2, 0.25) is 0 Å². The highest BCUT2D eigenvalue weighted by molar-refractivity contribution is 5.89. The van der Waals surface area contributed by atoms with Gasteiger partial charge in [0.15, 0.2) is 0 Å². The minimum absolute atomic E-state index is 0.0863. The Morgan fingerprint density at radius 1 is 1.29 bits per heavy atom. The van der Waals surface area contributed by atoms with Crippen LogP contribution in [0.15, 0.2) is 0 Å². The number of nitrogens with zero attached hydrogens (tertiary/aromatic N) is 2. The summed E-state index contributed by atoms with van der Waals surface area (Å²) in [5, 5.41) is 0. The van der Waals surface area contributed by atoms with Gasteiger partial charge in [0.05, 0.1) is 19.3 Å². The van der Waals surface area contributed by atoms with E-state index in [1.165, 1.54) is 0 Å². The lowest BCUT2D eigenvalue weighted by Gasteiger charge is -2.58. The second-order valence-corrected chi connectivity index (χ2v) is 8.16. The third-order valence-corrected chi connectivity index (χ3v) is 6.40. The van der Waals surface area contributed by atoms with Crippen LogP contribution < -0.4 is 5.73 Å². The van der Waals surface area contributed by atoms with Crippen LogP contribution in [0, 0.1) is 11.3 Å². The lowest BCUT2D eigenvalue weighted by Crippen LogP contribution is -2.75. The number of amides is 1. The van der Waals surface area contributed by atoms with E-state index in [0.29, 0.717) is 18.9 Å². The highest BCUT2D eigenvalue weighted by Gasteiger charge is 2.64. The van der Waals surface area contributed by atoms with Gasteiger partial charge in [-0.25, -0.2) is 0 Å². The predicted molar refractivity (Wildman–Crippen MR) is 92.7 cm³/mol. The largest absolute Gasteiger partial charge is 0.379 e. The number of rotatable bonds is 5. The fourth-order valence-electron chi connectivity index (χ4n) is 4.40. The first-order valence-electron chi connectivity index (χ1n) is 9.38. The van der Waals surface area contributed by atoms with E-state index in [1.54, 1.807) is 0 Å². The number of hydrogen-bond donors (Lipinski definition) is 1. The molecule has 2 aliphatic heterocycles. The second-order valence-electron chi connectivity index (χ2n) is 8.16. The van der Waals surface area contributed by atoms with E-state index < -0.39 is 5.54 Å². The van der Waals surface area contributed by atoms with Crippen LogP contribution in [0.3, 0.4) is 0 Å². The van der Waals surface area contributed by atoms with Crippen molar-refractivity contribution in [1.29, 1.82) is 0 Å². The number of likely N-dealkylation sites (tertiary alicyclic amines) is 1. The Morgan fingerprint density at radius 2 is 2.00 bits per heavy atom. The molecule has 2 heterocycles. The van der Waals surface area contributed by atoms with Crippen LogP contribution in [0.25, 0.3) is 0 Å². The molecular weight excluding hydrogens is 306 g/mol. The molecule has 1 saturated carbocycles. The molecular formula is C18H33N3O3. The molecule has 0 spiro atoms. The molecule has 138 valence electrons. The summed E-state index contributed by atoms with van der Waals surface area (Å²) in [6.45, 7) is 13.2. The molecule has 3 unspecified atom stereocenters. The third-order valence-electron chi connectivity index (χ3n) is 6.40. The van der Waals surface area contributed by atoms with E-state index in [9.17, 15) is 4.79 Å². The summed E-state index contributed by atoms with van der Waals surface area (Å²) in [7, 11) is 0.